The molecule has 5 rings (SSSR count). The number of anilines is 2. The van der Waals surface area contributed by atoms with Gasteiger partial charge < -0.3 is 30.9 Å². The fourth-order valence-corrected chi connectivity index (χ4v) is 5.83. The number of nitrogens with one attached hydrogen (secondary N) is 2. The van der Waals surface area contributed by atoms with E-state index < -0.39 is 17.4 Å². The van der Waals surface area contributed by atoms with Gasteiger partial charge in [0.1, 0.15) is 17.5 Å². The SMILES string of the molecule is C=C(OCC)N1CCC[C@H]1C(=O)Nc1ccc(/C=C/c2ccc(NC(=O)[C@@H]3CCCN3C(=O)C3(C(N)=O)CC3)cc2)cc1. The van der Waals surface area contributed by atoms with Gasteiger partial charge in [0.2, 0.25) is 23.6 Å². The normalized spacial score (nSPS) is 20.6. The molecule has 2 aromatic rings. The van der Waals surface area contributed by atoms with Gasteiger partial charge in [0.15, 0.2) is 5.88 Å². The molecule has 2 heterocycles. The van der Waals surface area contributed by atoms with Crippen molar-refractivity contribution in [2.24, 2.45) is 11.1 Å². The van der Waals surface area contributed by atoms with Crippen molar-refractivity contribution >= 4 is 47.2 Å². The lowest BCUT2D eigenvalue weighted by molar-refractivity contribution is -0.146. The second kappa shape index (κ2) is 12.7. The minimum atomic E-state index is -1.12. The fourth-order valence-electron chi connectivity index (χ4n) is 5.83. The van der Waals surface area contributed by atoms with Crippen molar-refractivity contribution < 1.29 is 23.9 Å². The molecule has 2 aromatic carbocycles. The molecule has 3 aliphatic rings. The molecular weight excluding hydrogens is 546 g/mol. The Kier molecular flexibility index (Phi) is 8.84. The van der Waals surface area contributed by atoms with E-state index in [2.05, 4.69) is 17.2 Å². The summed E-state index contributed by atoms with van der Waals surface area (Å²) in [5, 5.41) is 5.91. The maximum Gasteiger partial charge on any atom is 0.247 e. The molecule has 0 unspecified atom stereocenters. The second-order valence-corrected chi connectivity index (χ2v) is 11.3. The van der Waals surface area contributed by atoms with Crippen LogP contribution in [0.25, 0.3) is 12.2 Å². The average molecular weight is 586 g/mol. The van der Waals surface area contributed by atoms with Crippen molar-refractivity contribution in [3.8, 4) is 0 Å². The first-order chi connectivity index (χ1) is 20.7. The van der Waals surface area contributed by atoms with E-state index in [0.29, 0.717) is 50.4 Å². The van der Waals surface area contributed by atoms with Crippen LogP contribution in [0, 0.1) is 5.41 Å². The van der Waals surface area contributed by atoms with Gasteiger partial charge >= 0.3 is 0 Å². The number of carbonyl (C=O) groups is 4. The Hall–Kier alpha value is -4.60. The third kappa shape index (κ3) is 6.58. The van der Waals surface area contributed by atoms with Crippen LogP contribution in [0.3, 0.4) is 0 Å². The number of carbonyl (C=O) groups excluding carboxylic acids is 4. The lowest BCUT2D eigenvalue weighted by atomic mass is 10.0. The zero-order chi connectivity index (χ0) is 30.6. The molecule has 2 aliphatic heterocycles. The van der Waals surface area contributed by atoms with E-state index in [-0.39, 0.29) is 23.8 Å². The third-order valence-electron chi connectivity index (χ3n) is 8.46. The van der Waals surface area contributed by atoms with Gasteiger partial charge in [-0.25, -0.2) is 0 Å². The maximum atomic E-state index is 13.0. The van der Waals surface area contributed by atoms with Gasteiger partial charge in [-0.1, -0.05) is 36.4 Å². The molecule has 10 nitrogen and oxygen atoms in total. The van der Waals surface area contributed by atoms with Crippen molar-refractivity contribution in [3.63, 3.8) is 0 Å². The Labute approximate surface area is 251 Å². The van der Waals surface area contributed by atoms with Crippen molar-refractivity contribution in [1.82, 2.24) is 9.80 Å². The van der Waals surface area contributed by atoms with E-state index in [1.54, 1.807) is 0 Å². The van der Waals surface area contributed by atoms with Crippen LogP contribution in [0.15, 0.2) is 61.0 Å². The molecule has 43 heavy (non-hydrogen) atoms. The minimum Gasteiger partial charge on any atom is -0.480 e. The van der Waals surface area contributed by atoms with Crippen molar-refractivity contribution in [3.05, 3.63) is 72.1 Å². The van der Waals surface area contributed by atoms with E-state index in [9.17, 15) is 19.2 Å². The highest BCUT2D eigenvalue weighted by molar-refractivity contribution is 6.09. The highest BCUT2D eigenvalue weighted by Gasteiger charge is 2.58. The zero-order valence-corrected chi connectivity index (χ0v) is 24.5. The van der Waals surface area contributed by atoms with Gasteiger partial charge in [0.05, 0.1) is 6.61 Å². The molecule has 3 fully saturated rings. The largest absolute Gasteiger partial charge is 0.480 e. The summed E-state index contributed by atoms with van der Waals surface area (Å²) in [7, 11) is 0. The maximum absolute atomic E-state index is 13.0. The summed E-state index contributed by atoms with van der Waals surface area (Å²) in [5.41, 5.74) is 7.62. The van der Waals surface area contributed by atoms with E-state index in [1.165, 1.54) is 4.90 Å². The highest BCUT2D eigenvalue weighted by atomic mass is 16.5. The lowest BCUT2D eigenvalue weighted by Gasteiger charge is -2.27. The van der Waals surface area contributed by atoms with Crippen LogP contribution >= 0.6 is 0 Å². The Morgan fingerprint density at radius 3 is 1.77 bits per heavy atom. The zero-order valence-electron chi connectivity index (χ0n) is 24.5. The Bertz CT molecular complexity index is 1410. The van der Waals surface area contributed by atoms with Gasteiger partial charge in [0.25, 0.3) is 0 Å². The summed E-state index contributed by atoms with van der Waals surface area (Å²) in [6.07, 6.45) is 7.78. The number of hydrogen-bond acceptors (Lipinski definition) is 6. The van der Waals surface area contributed by atoms with E-state index >= 15 is 0 Å². The third-order valence-corrected chi connectivity index (χ3v) is 8.46. The first kappa shape index (κ1) is 29.9. The van der Waals surface area contributed by atoms with Crippen LogP contribution < -0.4 is 16.4 Å². The van der Waals surface area contributed by atoms with E-state index in [1.807, 2.05) is 72.5 Å². The average Bonchev–Trinajstić information content (AvgIpc) is 3.42. The van der Waals surface area contributed by atoms with Gasteiger partial charge in [-0.3, -0.25) is 19.2 Å². The predicted octanol–water partition coefficient (Wildman–Crippen LogP) is 3.96. The molecule has 10 heteroatoms. The van der Waals surface area contributed by atoms with Crippen molar-refractivity contribution in [1.29, 1.82) is 0 Å². The first-order valence-electron chi connectivity index (χ1n) is 14.9. The van der Waals surface area contributed by atoms with Crippen LogP contribution in [-0.2, 0) is 23.9 Å². The number of primary amides is 1. The highest BCUT2D eigenvalue weighted by Crippen LogP contribution is 2.48. The van der Waals surface area contributed by atoms with Gasteiger partial charge in [-0.05, 0) is 87.4 Å². The molecule has 226 valence electrons. The molecule has 2 atom stereocenters. The number of hydrogen-bond donors (Lipinski definition) is 3. The molecule has 0 bridgehead atoms. The summed E-state index contributed by atoms with van der Waals surface area (Å²) >= 11 is 0. The number of nitrogens with zero attached hydrogens (tertiary/aromatic N) is 2. The van der Waals surface area contributed by atoms with Crippen LogP contribution in [-0.4, -0.2) is 65.2 Å². The monoisotopic (exact) mass is 585 g/mol. The molecular formula is C33H39N5O5. The summed E-state index contributed by atoms with van der Waals surface area (Å²) in [6.45, 7) is 7.58. The van der Waals surface area contributed by atoms with Crippen LogP contribution in [0.1, 0.15) is 56.6 Å². The molecule has 4 amide bonds. The number of likely N-dealkylation sites (tertiary alicyclic amines) is 2. The Morgan fingerprint density at radius 2 is 1.33 bits per heavy atom. The molecule has 0 spiro atoms. The van der Waals surface area contributed by atoms with Gasteiger partial charge in [-0.15, -0.1) is 0 Å². The summed E-state index contributed by atoms with van der Waals surface area (Å²) in [6, 6.07) is 14.1. The fraction of sp³-hybridized carbons (Fsp3) is 0.394. The van der Waals surface area contributed by atoms with Crippen LogP contribution in [0.2, 0.25) is 0 Å². The van der Waals surface area contributed by atoms with Crippen LogP contribution in [0.4, 0.5) is 11.4 Å². The topological polar surface area (TPSA) is 134 Å². The number of nitrogens with two attached hydrogens (primary N) is 1. The second-order valence-electron chi connectivity index (χ2n) is 11.3. The smallest absolute Gasteiger partial charge is 0.247 e. The lowest BCUT2D eigenvalue weighted by Crippen LogP contribution is -2.49. The first-order valence-corrected chi connectivity index (χ1v) is 14.9. The summed E-state index contributed by atoms with van der Waals surface area (Å²) in [4.78, 5) is 54.1. The summed E-state index contributed by atoms with van der Waals surface area (Å²) in [5.74, 6) is -0.722. The standard InChI is InChI=1S/C33H39N5O5/c1-3-43-22(2)37-20-4-6-27(37)29(39)35-25-14-10-23(11-15-25)8-9-24-12-16-26(17-13-24)36-30(40)28-7-5-21-38(28)32(42)33(18-19-33)31(34)41/h8-17,27-28H,2-7,18-21H2,1H3,(H2,34,41)(H,35,39)(H,36,40)/b9-8+/t27-,28-/m0/s1. The Morgan fingerprint density at radius 1 is 0.860 bits per heavy atom. The van der Waals surface area contributed by atoms with E-state index in [4.69, 9.17) is 10.5 Å². The molecule has 4 N–H and O–H groups in total. The minimum absolute atomic E-state index is 0.0708. The van der Waals surface area contributed by atoms with Gasteiger partial charge in [0, 0.05) is 24.5 Å². The summed E-state index contributed by atoms with van der Waals surface area (Å²) < 4.78 is 5.51. The quantitative estimate of drug-likeness (QED) is 0.208. The molecule has 1 aliphatic carbocycles. The van der Waals surface area contributed by atoms with Crippen molar-refractivity contribution in [2.75, 3.05) is 30.3 Å². The number of ether oxygens (including phenoxy) is 1. The van der Waals surface area contributed by atoms with Gasteiger partial charge in [-0.2, -0.15) is 0 Å². The number of rotatable bonds is 11. The molecule has 1 saturated carbocycles. The number of amides is 4. The molecule has 2 saturated heterocycles. The number of benzene rings is 2. The predicted molar refractivity (Wildman–Crippen MR) is 165 cm³/mol. The Balaban J connectivity index is 1.13. The van der Waals surface area contributed by atoms with E-state index in [0.717, 1.165) is 36.2 Å². The molecule has 0 radical (unpaired) electrons. The molecule has 0 aromatic heterocycles. The van der Waals surface area contributed by atoms with Crippen molar-refractivity contribution in [2.45, 2.75) is 57.5 Å². The van der Waals surface area contributed by atoms with Crippen LogP contribution in [0.5, 0.6) is 0 Å².